The molecule has 0 N–H and O–H groups in total. The van der Waals surface area contributed by atoms with Crippen LogP contribution in [-0.2, 0) is 9.47 Å². The van der Waals surface area contributed by atoms with Gasteiger partial charge in [0, 0.05) is 0 Å². The van der Waals surface area contributed by atoms with Gasteiger partial charge >= 0.3 is 0 Å². The molecule has 152 valence electrons. The highest BCUT2D eigenvalue weighted by molar-refractivity contribution is 8.47. The van der Waals surface area contributed by atoms with Crippen LogP contribution in [0.15, 0.2) is 0 Å². The maximum absolute atomic E-state index is 6.01. The molecule has 0 aromatic carbocycles. The molecule has 1 aliphatic carbocycles. The first kappa shape index (κ1) is 25.5. The van der Waals surface area contributed by atoms with Gasteiger partial charge in [-0.05, 0) is 62.9 Å². The summed E-state index contributed by atoms with van der Waals surface area (Å²) < 4.78 is 14.0. The standard InChI is InChI=1S/C18H32O2S6/c1-5-23-17(21)25-13(3)19-11-15-7-9-16(10-8-15)12-20-14(4)26-18(22)24-6-2/h13-16H,5-12H2,1-4H3. The summed E-state index contributed by atoms with van der Waals surface area (Å²) in [6, 6.07) is 0. The van der Waals surface area contributed by atoms with E-state index in [9.17, 15) is 0 Å². The number of rotatable bonds is 10. The third kappa shape index (κ3) is 12.1. The summed E-state index contributed by atoms with van der Waals surface area (Å²) in [6.45, 7) is 10.2. The molecule has 1 rings (SSSR count). The summed E-state index contributed by atoms with van der Waals surface area (Å²) in [4.78, 5) is 0. The summed E-state index contributed by atoms with van der Waals surface area (Å²) in [5, 5.41) is 0. The lowest BCUT2D eigenvalue weighted by Crippen LogP contribution is -2.24. The minimum absolute atomic E-state index is 0.158. The molecule has 1 aliphatic rings. The maximum Gasteiger partial charge on any atom is 0.106 e. The number of thiocarbonyl (C=S) groups is 2. The Bertz CT molecular complexity index is 374. The second-order valence-electron chi connectivity index (χ2n) is 6.29. The van der Waals surface area contributed by atoms with Crippen LogP contribution < -0.4 is 0 Å². The summed E-state index contributed by atoms with van der Waals surface area (Å²) in [5.74, 6) is 3.43. The predicted octanol–water partition coefficient (Wildman–Crippen LogP) is 7.06. The van der Waals surface area contributed by atoms with Gasteiger partial charge in [-0.25, -0.2) is 0 Å². The summed E-state index contributed by atoms with van der Waals surface area (Å²) >= 11 is 17.4. The van der Waals surface area contributed by atoms with E-state index in [-0.39, 0.29) is 10.9 Å². The van der Waals surface area contributed by atoms with E-state index in [1.54, 1.807) is 47.0 Å². The van der Waals surface area contributed by atoms with Crippen LogP contribution in [-0.4, -0.2) is 42.6 Å². The Morgan fingerprint density at radius 1 is 0.808 bits per heavy atom. The largest absolute Gasteiger partial charge is 0.367 e. The molecule has 0 heterocycles. The number of hydrogen-bond acceptors (Lipinski definition) is 8. The molecule has 0 bridgehead atoms. The third-order valence-electron chi connectivity index (χ3n) is 4.15. The zero-order chi connectivity index (χ0) is 19.4. The average molecular weight is 473 g/mol. The zero-order valence-electron chi connectivity index (χ0n) is 16.2. The normalized spacial score (nSPS) is 22.8. The highest BCUT2D eigenvalue weighted by atomic mass is 32.2. The molecule has 2 nitrogen and oxygen atoms in total. The molecule has 0 spiro atoms. The molecule has 0 aliphatic heterocycles. The van der Waals surface area contributed by atoms with Crippen molar-refractivity contribution in [1.29, 1.82) is 0 Å². The Kier molecular flexibility index (Phi) is 15.1. The van der Waals surface area contributed by atoms with Crippen LogP contribution in [0.1, 0.15) is 53.4 Å². The van der Waals surface area contributed by atoms with Crippen LogP contribution in [0.5, 0.6) is 0 Å². The first-order chi connectivity index (χ1) is 12.4. The number of ether oxygens (including phenoxy) is 2. The number of thioether (sulfide) groups is 4. The smallest absolute Gasteiger partial charge is 0.106 e. The molecule has 2 unspecified atom stereocenters. The molecule has 26 heavy (non-hydrogen) atoms. The zero-order valence-corrected chi connectivity index (χ0v) is 21.1. The van der Waals surface area contributed by atoms with Crippen molar-refractivity contribution < 1.29 is 9.47 Å². The van der Waals surface area contributed by atoms with Gasteiger partial charge in [0.2, 0.25) is 0 Å². The van der Waals surface area contributed by atoms with Crippen molar-refractivity contribution in [3.63, 3.8) is 0 Å². The van der Waals surface area contributed by atoms with Gasteiger partial charge in [0.25, 0.3) is 0 Å². The number of hydrogen-bond donors (Lipinski definition) is 0. The minimum Gasteiger partial charge on any atom is -0.367 e. The van der Waals surface area contributed by atoms with Crippen molar-refractivity contribution in [3.8, 4) is 0 Å². The lowest BCUT2D eigenvalue weighted by molar-refractivity contribution is 0.0428. The Balaban J connectivity index is 2.12. The van der Waals surface area contributed by atoms with Gasteiger partial charge < -0.3 is 9.47 Å². The maximum atomic E-state index is 6.01. The monoisotopic (exact) mass is 472 g/mol. The Hall–Kier alpha value is 1.50. The van der Waals surface area contributed by atoms with Gasteiger partial charge in [-0.2, -0.15) is 0 Å². The molecule has 0 radical (unpaired) electrons. The first-order valence-electron chi connectivity index (χ1n) is 9.34. The molecule has 0 saturated heterocycles. The predicted molar refractivity (Wildman–Crippen MR) is 133 cm³/mol. The Morgan fingerprint density at radius 2 is 1.15 bits per heavy atom. The first-order valence-corrected chi connectivity index (χ1v) is 13.9. The fourth-order valence-corrected chi connectivity index (χ4v) is 7.64. The molecule has 8 heteroatoms. The van der Waals surface area contributed by atoms with E-state index >= 15 is 0 Å². The minimum atomic E-state index is 0.158. The topological polar surface area (TPSA) is 18.5 Å². The quantitative estimate of drug-likeness (QED) is 0.245. The van der Waals surface area contributed by atoms with E-state index in [2.05, 4.69) is 27.7 Å². The van der Waals surface area contributed by atoms with E-state index in [4.69, 9.17) is 33.9 Å². The van der Waals surface area contributed by atoms with E-state index in [1.807, 2.05) is 0 Å². The summed E-state index contributed by atoms with van der Waals surface area (Å²) in [7, 11) is 0. The SMILES string of the molecule is CCSC(=S)SC(C)OCC1CCC(COC(C)SC(=S)SCC)CC1. The Labute approximate surface area is 187 Å². The van der Waals surface area contributed by atoms with Crippen LogP contribution in [0.25, 0.3) is 0 Å². The molecule has 1 saturated carbocycles. The summed E-state index contributed by atoms with van der Waals surface area (Å²) in [5.41, 5.74) is 0.315. The molecular weight excluding hydrogens is 441 g/mol. The van der Waals surface area contributed by atoms with Gasteiger partial charge in [0.1, 0.15) is 17.9 Å². The lowest BCUT2D eigenvalue weighted by Gasteiger charge is -2.29. The van der Waals surface area contributed by atoms with E-state index < -0.39 is 0 Å². The Morgan fingerprint density at radius 3 is 1.46 bits per heavy atom. The summed E-state index contributed by atoms with van der Waals surface area (Å²) in [6.07, 6.45) is 4.97. The van der Waals surface area contributed by atoms with Crippen molar-refractivity contribution in [2.45, 2.75) is 64.3 Å². The van der Waals surface area contributed by atoms with E-state index in [0.29, 0.717) is 11.8 Å². The molecule has 2 atom stereocenters. The highest BCUT2D eigenvalue weighted by Gasteiger charge is 2.23. The molecule has 0 aromatic rings. The van der Waals surface area contributed by atoms with Crippen molar-refractivity contribution >= 4 is 78.5 Å². The second-order valence-corrected chi connectivity index (χ2v) is 13.8. The average Bonchev–Trinajstić information content (AvgIpc) is 2.59. The van der Waals surface area contributed by atoms with Crippen LogP contribution in [0.2, 0.25) is 0 Å². The van der Waals surface area contributed by atoms with E-state index in [1.165, 1.54) is 25.7 Å². The molecule has 1 fully saturated rings. The van der Waals surface area contributed by atoms with Crippen molar-refractivity contribution in [3.05, 3.63) is 0 Å². The lowest BCUT2D eigenvalue weighted by atomic mass is 9.83. The fourth-order valence-electron chi connectivity index (χ4n) is 2.75. The molecular formula is C18H32O2S6. The van der Waals surface area contributed by atoms with E-state index in [0.717, 1.165) is 31.8 Å². The van der Waals surface area contributed by atoms with Crippen molar-refractivity contribution in [2.24, 2.45) is 11.8 Å². The highest BCUT2D eigenvalue weighted by Crippen LogP contribution is 2.31. The molecule has 0 aromatic heterocycles. The van der Waals surface area contributed by atoms with Crippen molar-refractivity contribution in [1.82, 2.24) is 0 Å². The van der Waals surface area contributed by atoms with Crippen LogP contribution in [0.4, 0.5) is 0 Å². The van der Waals surface area contributed by atoms with Gasteiger partial charge in [-0.1, -0.05) is 61.8 Å². The fraction of sp³-hybridized carbons (Fsp3) is 0.889. The van der Waals surface area contributed by atoms with Crippen LogP contribution in [0.3, 0.4) is 0 Å². The van der Waals surface area contributed by atoms with Gasteiger partial charge in [0.05, 0.1) is 13.2 Å². The van der Waals surface area contributed by atoms with Crippen molar-refractivity contribution in [2.75, 3.05) is 24.7 Å². The molecule has 0 amide bonds. The van der Waals surface area contributed by atoms with Crippen LogP contribution in [0, 0.1) is 11.8 Å². The van der Waals surface area contributed by atoms with Gasteiger partial charge in [-0.15, -0.1) is 23.5 Å². The van der Waals surface area contributed by atoms with Crippen LogP contribution >= 0.6 is 71.5 Å². The second kappa shape index (κ2) is 15.4. The van der Waals surface area contributed by atoms with Gasteiger partial charge in [-0.3, -0.25) is 0 Å². The third-order valence-corrected chi connectivity index (χ3v) is 9.09. The van der Waals surface area contributed by atoms with Gasteiger partial charge in [0.15, 0.2) is 0 Å².